The van der Waals surface area contributed by atoms with Crippen LogP contribution >= 0.6 is 0 Å². The van der Waals surface area contributed by atoms with E-state index in [1.807, 2.05) is 24.3 Å². The highest BCUT2D eigenvalue weighted by Gasteiger charge is 2.47. The summed E-state index contributed by atoms with van der Waals surface area (Å²) >= 11 is 0. The van der Waals surface area contributed by atoms with Gasteiger partial charge in [-0.3, -0.25) is 39.0 Å². The lowest BCUT2D eigenvalue weighted by Gasteiger charge is -2.44. The highest BCUT2D eigenvalue weighted by atomic mass is 28.4. The highest BCUT2D eigenvalue weighted by Crippen LogP contribution is 2.46. The van der Waals surface area contributed by atoms with Gasteiger partial charge in [-0.05, 0) is 96.8 Å². The minimum absolute atomic E-state index is 0.00232. The number of alkyl carbamates (subject to hydrolysis) is 1. The maximum atomic E-state index is 13.4. The van der Waals surface area contributed by atoms with Crippen molar-refractivity contribution < 1.29 is 47.5 Å². The lowest BCUT2D eigenvalue weighted by atomic mass is 9.65. The quantitative estimate of drug-likeness (QED) is 0.106. The fraction of sp³-hybridized carbons (Fsp3) is 0.531. The molecule has 2 aromatic rings. The number of nitrogens with zero attached hydrogens (tertiary/aromatic N) is 1. The first-order chi connectivity index (χ1) is 30.3. The summed E-state index contributed by atoms with van der Waals surface area (Å²) in [7, 11) is -2.06. The number of carbonyl (C=O) groups is 7. The lowest BCUT2D eigenvalue weighted by Crippen LogP contribution is -2.54. The van der Waals surface area contributed by atoms with E-state index in [9.17, 15) is 33.6 Å². The number of imide groups is 2. The zero-order chi connectivity index (χ0) is 46.1. The summed E-state index contributed by atoms with van der Waals surface area (Å²) in [6.07, 6.45) is 9.43. The number of esters is 1. The van der Waals surface area contributed by atoms with Crippen LogP contribution < -0.4 is 16.0 Å². The Morgan fingerprint density at radius 3 is 2.41 bits per heavy atom. The van der Waals surface area contributed by atoms with E-state index < -0.39 is 50.0 Å². The number of benzene rings is 2. The Bertz CT molecular complexity index is 2250. The Hall–Kier alpha value is -5.41. The molecule has 15 heteroatoms. The first-order valence-corrected chi connectivity index (χ1v) is 25.6. The van der Waals surface area contributed by atoms with Gasteiger partial charge in [-0.25, -0.2) is 4.79 Å². The van der Waals surface area contributed by atoms with Gasteiger partial charge in [0.15, 0.2) is 8.32 Å². The second kappa shape index (κ2) is 19.0. The molecule has 2 aliphatic carbocycles. The normalized spacial score (nSPS) is 27.0. The van der Waals surface area contributed by atoms with E-state index in [1.165, 1.54) is 17.7 Å². The molecule has 14 nitrogen and oxygen atoms in total. The molecule has 2 saturated heterocycles. The predicted molar refractivity (Wildman–Crippen MR) is 241 cm³/mol. The molecule has 0 aromatic heterocycles. The van der Waals surface area contributed by atoms with E-state index in [-0.39, 0.29) is 89.1 Å². The molecule has 5 aliphatic rings. The standard InChI is InChI=1S/C49H62N4O10Si/c1-28-23-32-16-11-29(2)35(18-17-33-26-34(27-42(56)61-33)63-64(6,7)49(3,4)5)43(32)39(24-28)62-48(60)50-22-21-30-12-14-31(15-13-30)25-41(55)51-37-10-8-9-36-44(37)47(59)53(46(36)58)38-19-20-40(54)52-45(38)57/h8-16,23,28-29,33-35,38-39,43H,17-22,24-27H2,1-7H3,(H,50,60)(H,51,55)(H,52,54,57)/t28-,29-,33+,34+,35-,38?,39-,43-/m0/s1. The van der Waals surface area contributed by atoms with Gasteiger partial charge in [-0.1, -0.05) is 83.2 Å². The Balaban J connectivity index is 0.895. The molecule has 8 atom stereocenters. The number of hydrogen-bond acceptors (Lipinski definition) is 10. The molecule has 0 bridgehead atoms. The Morgan fingerprint density at radius 1 is 0.953 bits per heavy atom. The summed E-state index contributed by atoms with van der Waals surface area (Å²) in [6, 6.07) is 10.9. The van der Waals surface area contributed by atoms with E-state index in [0.717, 1.165) is 35.3 Å². The third kappa shape index (κ3) is 10.4. The summed E-state index contributed by atoms with van der Waals surface area (Å²) in [4.78, 5) is 90.9. The van der Waals surface area contributed by atoms with Crippen molar-refractivity contribution in [2.75, 3.05) is 11.9 Å². The van der Waals surface area contributed by atoms with Crippen molar-refractivity contribution in [1.82, 2.24) is 15.5 Å². The smallest absolute Gasteiger partial charge is 0.407 e. The van der Waals surface area contributed by atoms with Gasteiger partial charge in [-0.2, -0.15) is 0 Å². The van der Waals surface area contributed by atoms with Crippen molar-refractivity contribution in [2.45, 2.75) is 135 Å². The maximum absolute atomic E-state index is 13.4. The van der Waals surface area contributed by atoms with Crippen LogP contribution in [0.3, 0.4) is 0 Å². The van der Waals surface area contributed by atoms with Crippen molar-refractivity contribution in [3.05, 3.63) is 88.5 Å². The van der Waals surface area contributed by atoms with Crippen LogP contribution in [-0.2, 0) is 45.9 Å². The van der Waals surface area contributed by atoms with Gasteiger partial charge in [0, 0.05) is 25.3 Å². The molecule has 0 radical (unpaired) electrons. The van der Waals surface area contributed by atoms with Gasteiger partial charge < -0.3 is 24.5 Å². The first kappa shape index (κ1) is 46.6. The molecule has 6 amide bonds. The predicted octanol–water partition coefficient (Wildman–Crippen LogP) is 7.19. The number of piperidine rings is 1. The monoisotopic (exact) mass is 894 g/mol. The summed E-state index contributed by atoms with van der Waals surface area (Å²) in [6.45, 7) is 15.8. The van der Waals surface area contributed by atoms with E-state index in [4.69, 9.17) is 13.9 Å². The number of fused-ring (bicyclic) bond motifs is 2. The molecule has 1 unspecified atom stereocenters. The zero-order valence-electron chi connectivity index (χ0n) is 38.0. The molecule has 2 aromatic carbocycles. The largest absolute Gasteiger partial charge is 0.462 e. The number of ether oxygens (including phenoxy) is 2. The Labute approximate surface area is 376 Å². The summed E-state index contributed by atoms with van der Waals surface area (Å²) in [5, 5.41) is 7.92. The fourth-order valence-corrected chi connectivity index (χ4v) is 11.0. The van der Waals surface area contributed by atoms with Gasteiger partial charge in [0.25, 0.3) is 11.8 Å². The number of allylic oxidation sites excluding steroid dienone is 3. The van der Waals surface area contributed by atoms with E-state index in [0.29, 0.717) is 25.8 Å². The second-order valence-electron chi connectivity index (χ2n) is 19.8. The van der Waals surface area contributed by atoms with Crippen molar-refractivity contribution in [3.63, 3.8) is 0 Å². The van der Waals surface area contributed by atoms with Crippen molar-refractivity contribution >= 4 is 55.6 Å². The van der Waals surface area contributed by atoms with Crippen LogP contribution in [0.5, 0.6) is 0 Å². The summed E-state index contributed by atoms with van der Waals surface area (Å²) in [5.74, 6) is -2.38. The first-order valence-electron chi connectivity index (χ1n) is 22.7. The summed E-state index contributed by atoms with van der Waals surface area (Å²) < 4.78 is 18.7. The molecule has 64 heavy (non-hydrogen) atoms. The van der Waals surface area contributed by atoms with Crippen LogP contribution in [-0.4, -0.2) is 85.7 Å². The lowest BCUT2D eigenvalue weighted by molar-refractivity contribution is -0.160. The third-order valence-corrected chi connectivity index (χ3v) is 18.5. The highest BCUT2D eigenvalue weighted by molar-refractivity contribution is 6.74. The molecule has 7 rings (SSSR count). The second-order valence-corrected chi connectivity index (χ2v) is 24.5. The zero-order valence-corrected chi connectivity index (χ0v) is 39.0. The van der Waals surface area contributed by atoms with Crippen LogP contribution in [0.1, 0.15) is 111 Å². The number of nitrogens with one attached hydrogen (secondary N) is 3. The fourth-order valence-electron chi connectivity index (χ4n) is 9.62. The Morgan fingerprint density at radius 2 is 1.69 bits per heavy atom. The minimum atomic E-state index is -2.06. The third-order valence-electron chi connectivity index (χ3n) is 14.0. The number of cyclic esters (lactones) is 1. The molecular formula is C49H62N4O10Si. The average Bonchev–Trinajstić information content (AvgIpc) is 3.46. The molecule has 342 valence electrons. The van der Waals surface area contributed by atoms with Gasteiger partial charge in [0.05, 0.1) is 35.8 Å². The number of amides is 6. The number of anilines is 1. The minimum Gasteiger partial charge on any atom is -0.462 e. The van der Waals surface area contributed by atoms with Crippen LogP contribution in [0, 0.1) is 23.7 Å². The van der Waals surface area contributed by atoms with Crippen molar-refractivity contribution in [3.8, 4) is 0 Å². The van der Waals surface area contributed by atoms with Gasteiger partial charge in [-0.15, -0.1) is 0 Å². The molecule has 0 spiro atoms. The molecular weight excluding hydrogens is 833 g/mol. The van der Waals surface area contributed by atoms with Gasteiger partial charge in [0.1, 0.15) is 18.2 Å². The van der Waals surface area contributed by atoms with E-state index in [1.54, 1.807) is 6.07 Å². The number of rotatable bonds is 13. The van der Waals surface area contributed by atoms with Gasteiger partial charge >= 0.3 is 12.1 Å². The summed E-state index contributed by atoms with van der Waals surface area (Å²) in [5.41, 5.74) is 3.12. The molecule has 3 N–H and O–H groups in total. The molecule has 3 aliphatic heterocycles. The molecule has 2 fully saturated rings. The SMILES string of the molecule is C[C@H]1C=C2C=C[C@H](C)[C@H](CC[C@@H]3C[C@@H](O[Si](C)(C)C(C)(C)C)CC(=O)O3)[C@H]2[C@@H](OC(=O)NCCc2ccc(CC(=O)Nc3cccc4c3C(=O)N(C3CCC(=O)NC3=O)C4=O)cc2)C1. The number of hydrogen-bond donors (Lipinski definition) is 3. The van der Waals surface area contributed by atoms with Crippen molar-refractivity contribution in [2.24, 2.45) is 23.7 Å². The van der Waals surface area contributed by atoms with Gasteiger partial charge in [0.2, 0.25) is 17.7 Å². The van der Waals surface area contributed by atoms with E-state index in [2.05, 4.69) is 81.9 Å². The Kier molecular flexibility index (Phi) is 13.8. The van der Waals surface area contributed by atoms with Crippen LogP contribution in [0.25, 0.3) is 0 Å². The van der Waals surface area contributed by atoms with Crippen LogP contribution in [0.15, 0.2) is 66.3 Å². The topological polar surface area (TPSA) is 187 Å². The average molecular weight is 895 g/mol. The van der Waals surface area contributed by atoms with Crippen LogP contribution in [0.4, 0.5) is 10.5 Å². The number of carbonyl (C=O) groups excluding carboxylic acids is 7. The molecule has 3 heterocycles. The molecule has 0 saturated carbocycles. The van der Waals surface area contributed by atoms with Crippen molar-refractivity contribution in [1.29, 1.82) is 0 Å². The maximum Gasteiger partial charge on any atom is 0.407 e. The van der Waals surface area contributed by atoms with E-state index >= 15 is 0 Å². The van der Waals surface area contributed by atoms with Crippen LogP contribution in [0.2, 0.25) is 18.1 Å².